The van der Waals surface area contributed by atoms with Crippen LogP contribution in [0.25, 0.3) is 27.7 Å². The quantitative estimate of drug-likeness (QED) is 0.469. The molecule has 1 aromatic carbocycles. The van der Waals surface area contributed by atoms with Gasteiger partial charge in [-0.05, 0) is 58.3 Å². The summed E-state index contributed by atoms with van der Waals surface area (Å²) >= 11 is 0. The molecule has 0 amide bonds. The fourth-order valence-electron chi connectivity index (χ4n) is 4.40. The summed E-state index contributed by atoms with van der Waals surface area (Å²) in [6.07, 6.45) is 6.01. The molecular weight excluding hydrogens is 398 g/mol. The fraction of sp³-hybridized carbons (Fsp3) is 0.400. The van der Waals surface area contributed by atoms with Gasteiger partial charge in [-0.1, -0.05) is 12.1 Å². The number of fused-ring (bicyclic) bond motifs is 2. The highest BCUT2D eigenvalue weighted by atomic mass is 15.3. The van der Waals surface area contributed by atoms with E-state index in [1.165, 1.54) is 5.56 Å². The smallest absolute Gasteiger partial charge is 0.162 e. The summed E-state index contributed by atoms with van der Waals surface area (Å²) in [4.78, 5) is 16.6. The highest BCUT2D eigenvalue weighted by Gasteiger charge is 2.30. The summed E-state index contributed by atoms with van der Waals surface area (Å²) in [5.74, 6) is 0. The lowest BCUT2D eigenvalue weighted by Gasteiger charge is -2.45. The zero-order valence-electron chi connectivity index (χ0n) is 19.6. The minimum Gasteiger partial charge on any atom is -0.366 e. The van der Waals surface area contributed by atoms with Crippen molar-refractivity contribution in [1.29, 1.82) is 0 Å². The number of pyridine rings is 1. The number of benzene rings is 1. The number of aromatic nitrogens is 4. The van der Waals surface area contributed by atoms with Crippen LogP contribution in [0.5, 0.6) is 0 Å². The zero-order valence-corrected chi connectivity index (χ0v) is 19.6. The van der Waals surface area contributed by atoms with Gasteiger partial charge in [0, 0.05) is 48.9 Å². The molecule has 7 heteroatoms. The molecule has 5 rings (SSSR count). The van der Waals surface area contributed by atoms with Gasteiger partial charge in [0.15, 0.2) is 5.65 Å². The maximum absolute atomic E-state index is 4.82. The van der Waals surface area contributed by atoms with Crippen LogP contribution in [0.15, 0.2) is 42.9 Å². The minimum absolute atomic E-state index is 0.591. The third kappa shape index (κ3) is 3.82. The Morgan fingerprint density at radius 1 is 1.00 bits per heavy atom. The highest BCUT2D eigenvalue weighted by Crippen LogP contribution is 2.32. The monoisotopic (exact) mass is 429 g/mol. The molecule has 0 radical (unpaired) electrons. The van der Waals surface area contributed by atoms with Crippen LogP contribution in [-0.4, -0.2) is 82.7 Å². The second-order valence-electron chi connectivity index (χ2n) is 9.31. The summed E-state index contributed by atoms with van der Waals surface area (Å²) in [7, 11) is 6.46. The Hall–Kier alpha value is -3.03. The van der Waals surface area contributed by atoms with E-state index in [9.17, 15) is 0 Å². The molecular formula is C25H31N7. The van der Waals surface area contributed by atoms with Crippen molar-refractivity contribution in [2.24, 2.45) is 0 Å². The topological polar surface area (TPSA) is 52.8 Å². The molecule has 0 bridgehead atoms. The van der Waals surface area contributed by atoms with E-state index in [0.29, 0.717) is 6.04 Å². The molecule has 0 unspecified atom stereocenters. The molecule has 0 spiro atoms. The van der Waals surface area contributed by atoms with Crippen molar-refractivity contribution >= 4 is 22.2 Å². The van der Waals surface area contributed by atoms with Crippen LogP contribution < -0.4 is 4.90 Å². The summed E-state index contributed by atoms with van der Waals surface area (Å²) in [6.45, 7) is 8.36. The average Bonchev–Trinajstić information content (AvgIpc) is 3.13. The Labute approximate surface area is 189 Å². The van der Waals surface area contributed by atoms with Crippen molar-refractivity contribution in [3.63, 3.8) is 0 Å². The van der Waals surface area contributed by atoms with Gasteiger partial charge in [-0.2, -0.15) is 5.10 Å². The Bertz CT molecular complexity index is 1270. The van der Waals surface area contributed by atoms with E-state index in [1.807, 2.05) is 23.8 Å². The van der Waals surface area contributed by atoms with Gasteiger partial charge in [0.1, 0.15) is 0 Å². The first kappa shape index (κ1) is 20.8. The second kappa shape index (κ2) is 8.15. The first-order chi connectivity index (χ1) is 15.4. The third-order valence-electron chi connectivity index (χ3n) is 6.48. The highest BCUT2D eigenvalue weighted by molar-refractivity contribution is 5.98. The summed E-state index contributed by atoms with van der Waals surface area (Å²) in [5.41, 5.74) is 7.40. The molecule has 4 aromatic rings. The number of aryl methyl sites for hydroxylation is 2. The molecule has 166 valence electrons. The Morgan fingerprint density at radius 3 is 2.59 bits per heavy atom. The van der Waals surface area contributed by atoms with Crippen molar-refractivity contribution in [1.82, 2.24) is 29.4 Å². The van der Waals surface area contributed by atoms with Crippen LogP contribution in [0.3, 0.4) is 0 Å². The molecule has 0 aliphatic carbocycles. The maximum atomic E-state index is 4.82. The molecule has 1 aliphatic rings. The van der Waals surface area contributed by atoms with Gasteiger partial charge in [-0.15, -0.1) is 0 Å². The van der Waals surface area contributed by atoms with Crippen LogP contribution in [0.1, 0.15) is 11.3 Å². The average molecular weight is 430 g/mol. The first-order valence-corrected chi connectivity index (χ1v) is 11.2. The first-order valence-electron chi connectivity index (χ1n) is 11.2. The van der Waals surface area contributed by atoms with Crippen molar-refractivity contribution in [3.05, 3.63) is 54.1 Å². The van der Waals surface area contributed by atoms with Gasteiger partial charge in [-0.3, -0.25) is 9.88 Å². The molecule has 0 saturated carbocycles. The van der Waals surface area contributed by atoms with Crippen molar-refractivity contribution in [2.75, 3.05) is 52.2 Å². The Kier molecular flexibility index (Phi) is 5.31. The summed E-state index contributed by atoms with van der Waals surface area (Å²) < 4.78 is 1.91. The normalized spacial score (nSPS) is 14.8. The molecule has 4 heterocycles. The number of rotatable bonds is 6. The van der Waals surface area contributed by atoms with Gasteiger partial charge >= 0.3 is 0 Å². The number of anilines is 1. The van der Waals surface area contributed by atoms with Crippen molar-refractivity contribution in [2.45, 2.75) is 19.9 Å². The van der Waals surface area contributed by atoms with E-state index in [0.717, 1.165) is 65.2 Å². The molecule has 1 aliphatic heterocycles. The second-order valence-corrected chi connectivity index (χ2v) is 9.31. The molecule has 7 nitrogen and oxygen atoms in total. The number of likely N-dealkylation sites (N-methyl/N-ethyl adjacent to an activating group) is 2. The van der Waals surface area contributed by atoms with E-state index in [-0.39, 0.29) is 0 Å². The Morgan fingerprint density at radius 2 is 1.81 bits per heavy atom. The predicted molar refractivity (Wildman–Crippen MR) is 130 cm³/mol. The van der Waals surface area contributed by atoms with Crippen molar-refractivity contribution in [3.8, 4) is 11.1 Å². The molecule has 1 fully saturated rings. The van der Waals surface area contributed by atoms with E-state index >= 15 is 0 Å². The number of hydrogen-bond acceptors (Lipinski definition) is 6. The Balaban J connectivity index is 1.40. The van der Waals surface area contributed by atoms with Crippen molar-refractivity contribution < 1.29 is 0 Å². The summed E-state index contributed by atoms with van der Waals surface area (Å²) in [6, 6.07) is 9.15. The third-order valence-corrected chi connectivity index (χ3v) is 6.48. The largest absolute Gasteiger partial charge is 0.366 e. The van der Waals surface area contributed by atoms with Gasteiger partial charge < -0.3 is 9.80 Å². The maximum Gasteiger partial charge on any atom is 0.162 e. The predicted octanol–water partition coefficient (Wildman–Crippen LogP) is 3.24. The SMILES string of the molecule is Cc1ccc2c(-c3cnn4cc(N5CC(N(C)CCN(C)C)C5)cnc34)cc(C)nc2c1. The molecule has 0 atom stereocenters. The standard InChI is InChI=1S/C25H31N7/c1-17-6-7-21-22(11-18(2)28-24(21)10-17)23-13-27-32-16-19(12-26-25(23)32)31-14-20(15-31)30(5)9-8-29(3)4/h6-7,10-13,16,20H,8-9,14-15H2,1-5H3. The van der Waals surface area contributed by atoms with Crippen LogP contribution in [0, 0.1) is 13.8 Å². The fourth-order valence-corrected chi connectivity index (χ4v) is 4.40. The van der Waals surface area contributed by atoms with E-state index < -0.39 is 0 Å². The van der Waals surface area contributed by atoms with Gasteiger partial charge in [0.05, 0.1) is 29.8 Å². The van der Waals surface area contributed by atoms with Gasteiger partial charge in [0.25, 0.3) is 0 Å². The minimum atomic E-state index is 0.591. The lowest BCUT2D eigenvalue weighted by Crippen LogP contribution is -2.59. The van der Waals surface area contributed by atoms with Crippen LogP contribution in [-0.2, 0) is 0 Å². The van der Waals surface area contributed by atoms with E-state index in [1.54, 1.807) is 0 Å². The molecule has 1 saturated heterocycles. The molecule has 32 heavy (non-hydrogen) atoms. The lowest BCUT2D eigenvalue weighted by atomic mass is 10.0. The van der Waals surface area contributed by atoms with Gasteiger partial charge in [0.2, 0.25) is 0 Å². The molecule has 3 aromatic heterocycles. The van der Waals surface area contributed by atoms with Gasteiger partial charge in [-0.25, -0.2) is 9.50 Å². The lowest BCUT2D eigenvalue weighted by molar-refractivity contribution is 0.187. The van der Waals surface area contributed by atoms with Crippen LogP contribution in [0.4, 0.5) is 5.69 Å². The van der Waals surface area contributed by atoms with E-state index in [2.05, 4.69) is 78.3 Å². The molecule has 0 N–H and O–H groups in total. The summed E-state index contributed by atoms with van der Waals surface area (Å²) in [5, 5.41) is 5.78. The zero-order chi connectivity index (χ0) is 22.4. The van der Waals surface area contributed by atoms with Crippen LogP contribution >= 0.6 is 0 Å². The number of nitrogens with zero attached hydrogens (tertiary/aromatic N) is 7. The van der Waals surface area contributed by atoms with Crippen LogP contribution in [0.2, 0.25) is 0 Å². The number of hydrogen-bond donors (Lipinski definition) is 0. The van der Waals surface area contributed by atoms with E-state index in [4.69, 9.17) is 9.97 Å².